The van der Waals surface area contributed by atoms with Crippen LogP contribution in [0.1, 0.15) is 16.8 Å². The Labute approximate surface area is 149 Å². The lowest BCUT2D eigenvalue weighted by atomic mass is 10.2. The topological polar surface area (TPSA) is 130 Å². The average Bonchev–Trinajstić information content (AvgIpc) is 2.56. The Hall–Kier alpha value is -2.07. The highest BCUT2D eigenvalue weighted by Gasteiger charge is 2.22. The average molecular weight is 382 g/mol. The molecule has 0 unspecified atom stereocenters. The molecule has 0 amide bonds. The number of carboxylic acids is 1. The summed E-state index contributed by atoms with van der Waals surface area (Å²) in [5.74, 6) is -1.26. The van der Waals surface area contributed by atoms with E-state index >= 15 is 0 Å². The van der Waals surface area contributed by atoms with Gasteiger partial charge in [0.1, 0.15) is 0 Å². The van der Waals surface area contributed by atoms with Crippen LogP contribution in [0.4, 0.5) is 5.69 Å². The number of anilines is 1. The number of carboxylic acid groups (broad SMARTS) is 1. The first-order valence-electron chi connectivity index (χ1n) is 7.34. The third kappa shape index (κ3) is 5.20. The second kappa shape index (κ2) is 8.34. The summed E-state index contributed by atoms with van der Waals surface area (Å²) in [5, 5.41) is 26.4. The summed E-state index contributed by atoms with van der Waals surface area (Å²) in [7, 11) is -4.14. The van der Waals surface area contributed by atoms with Crippen LogP contribution in [0.5, 0.6) is 0 Å². The number of aromatic carboxylic acids is 1. The molecule has 0 heterocycles. The van der Waals surface area contributed by atoms with E-state index in [1.54, 1.807) is 12.1 Å². The third-order valence-corrected chi connectivity index (χ3v) is 5.44. The van der Waals surface area contributed by atoms with Crippen molar-refractivity contribution < 1.29 is 23.4 Å². The van der Waals surface area contributed by atoms with E-state index < -0.39 is 16.0 Å². The van der Waals surface area contributed by atoms with Crippen molar-refractivity contribution in [1.29, 1.82) is 0 Å². The quantitative estimate of drug-likeness (QED) is 0.514. The van der Waals surface area contributed by atoms with E-state index in [1.807, 2.05) is 18.2 Å². The molecule has 0 aliphatic carbocycles. The number of hydrogen-bond acceptors (Lipinski definition) is 6. The maximum absolute atomic E-state index is 12.0. The van der Waals surface area contributed by atoms with Crippen LogP contribution in [0.2, 0.25) is 0 Å². The van der Waals surface area contributed by atoms with Crippen LogP contribution in [0, 0.1) is 0 Å². The molecule has 0 atom stereocenters. The van der Waals surface area contributed by atoms with E-state index in [9.17, 15) is 18.3 Å². The first kappa shape index (κ1) is 19.3. The number of nitrogens with two attached hydrogens (primary N) is 1. The predicted molar refractivity (Wildman–Crippen MR) is 95.5 cm³/mol. The number of hydrogen-bond donors (Lipinski definition) is 4. The molecule has 0 saturated carbocycles. The van der Waals surface area contributed by atoms with Crippen LogP contribution in [-0.2, 0) is 10.0 Å². The van der Waals surface area contributed by atoms with Crippen LogP contribution in [0.25, 0.3) is 0 Å². The molecule has 0 aliphatic heterocycles. The van der Waals surface area contributed by atoms with Crippen molar-refractivity contribution in [3.8, 4) is 0 Å². The Morgan fingerprint density at radius 3 is 2.44 bits per heavy atom. The molecule has 5 N–H and O–H groups in total. The Balaban J connectivity index is 2.59. The fourth-order valence-electron chi connectivity index (χ4n) is 2.08. The highest BCUT2D eigenvalue weighted by Crippen LogP contribution is 2.39. The van der Waals surface area contributed by atoms with Gasteiger partial charge in [0.15, 0.2) is 0 Å². The highest BCUT2D eigenvalue weighted by molar-refractivity contribution is 8.00. The zero-order valence-corrected chi connectivity index (χ0v) is 14.8. The Morgan fingerprint density at radius 2 is 1.88 bits per heavy atom. The summed E-state index contributed by atoms with van der Waals surface area (Å²) in [4.78, 5) is 12.2. The Morgan fingerprint density at radius 1 is 1.20 bits per heavy atom. The molecule has 0 aromatic heterocycles. The van der Waals surface area contributed by atoms with Crippen molar-refractivity contribution in [1.82, 2.24) is 0 Å². The second-order valence-corrected chi connectivity index (χ2v) is 7.73. The zero-order valence-electron chi connectivity index (χ0n) is 13.2. The molecule has 25 heavy (non-hydrogen) atoms. The van der Waals surface area contributed by atoms with Crippen LogP contribution in [0.3, 0.4) is 0 Å². The van der Waals surface area contributed by atoms with E-state index in [4.69, 9.17) is 10.2 Å². The smallest absolute Gasteiger partial charge is 0.335 e. The number of benzene rings is 2. The lowest BCUT2D eigenvalue weighted by Gasteiger charge is -2.16. The molecule has 2 aromatic carbocycles. The van der Waals surface area contributed by atoms with Gasteiger partial charge in [0.25, 0.3) is 0 Å². The zero-order chi connectivity index (χ0) is 18.4. The summed E-state index contributed by atoms with van der Waals surface area (Å²) in [6.45, 7) is 0.306. The van der Waals surface area contributed by atoms with Crippen molar-refractivity contribution in [3.05, 3.63) is 48.0 Å². The maximum Gasteiger partial charge on any atom is 0.335 e. The third-order valence-electron chi connectivity index (χ3n) is 3.22. The summed E-state index contributed by atoms with van der Waals surface area (Å²) in [6.07, 6.45) is 0.428. The van der Waals surface area contributed by atoms with Crippen molar-refractivity contribution in [2.24, 2.45) is 5.14 Å². The summed E-state index contributed by atoms with van der Waals surface area (Å²) in [5.41, 5.74) is 0.152. The highest BCUT2D eigenvalue weighted by atomic mass is 32.2. The molecule has 0 aliphatic rings. The fourth-order valence-corrected chi connectivity index (χ4v) is 4.14. The van der Waals surface area contributed by atoms with Gasteiger partial charge < -0.3 is 15.5 Å². The molecule has 2 aromatic rings. The first-order chi connectivity index (χ1) is 11.8. The van der Waals surface area contributed by atoms with Gasteiger partial charge >= 0.3 is 5.97 Å². The normalized spacial score (nSPS) is 11.3. The first-order valence-corrected chi connectivity index (χ1v) is 9.71. The second-order valence-electron chi connectivity index (χ2n) is 5.12. The van der Waals surface area contributed by atoms with Gasteiger partial charge in [-0.2, -0.15) is 0 Å². The monoisotopic (exact) mass is 382 g/mol. The Bertz CT molecular complexity index is 854. The van der Waals surface area contributed by atoms with Crippen LogP contribution >= 0.6 is 11.8 Å². The lowest BCUT2D eigenvalue weighted by molar-refractivity contribution is 0.0696. The molecule has 134 valence electrons. The van der Waals surface area contributed by atoms with Gasteiger partial charge in [-0.05, 0) is 30.7 Å². The Kier molecular flexibility index (Phi) is 6.43. The number of sulfonamides is 1. The number of primary sulfonamides is 1. The molecule has 0 spiro atoms. The fraction of sp³-hybridized carbons (Fsp3) is 0.188. The predicted octanol–water partition coefficient (Wildman–Crippen LogP) is 1.98. The van der Waals surface area contributed by atoms with E-state index in [1.165, 1.54) is 17.8 Å². The maximum atomic E-state index is 12.0. The minimum atomic E-state index is -4.14. The van der Waals surface area contributed by atoms with E-state index in [0.717, 1.165) is 11.0 Å². The van der Waals surface area contributed by atoms with E-state index in [-0.39, 0.29) is 17.1 Å². The van der Waals surface area contributed by atoms with Gasteiger partial charge in [0.05, 0.1) is 21.0 Å². The largest absolute Gasteiger partial charge is 0.478 e. The molecule has 2 rings (SSSR count). The molecule has 0 fully saturated rings. The minimum Gasteiger partial charge on any atom is -0.478 e. The van der Waals surface area contributed by atoms with Gasteiger partial charge in [-0.15, -0.1) is 0 Å². The van der Waals surface area contributed by atoms with Gasteiger partial charge in [-0.25, -0.2) is 18.4 Å². The summed E-state index contributed by atoms with van der Waals surface area (Å²) < 4.78 is 24.0. The van der Waals surface area contributed by atoms with E-state index in [2.05, 4.69) is 5.32 Å². The molecule has 0 radical (unpaired) electrons. The van der Waals surface area contributed by atoms with Crippen molar-refractivity contribution in [3.63, 3.8) is 0 Å². The van der Waals surface area contributed by atoms with Gasteiger partial charge in [-0.3, -0.25) is 0 Å². The van der Waals surface area contributed by atoms with Gasteiger partial charge in [0, 0.05) is 18.0 Å². The molecule has 0 saturated heterocycles. The summed E-state index contributed by atoms with van der Waals surface area (Å²) in [6, 6.07) is 11.5. The molecular formula is C16H18N2O5S2. The van der Waals surface area contributed by atoms with Crippen LogP contribution in [-0.4, -0.2) is 37.8 Å². The van der Waals surface area contributed by atoms with Crippen molar-refractivity contribution >= 4 is 33.4 Å². The number of nitrogens with one attached hydrogen (secondary N) is 1. The molecule has 0 bridgehead atoms. The van der Waals surface area contributed by atoms with Crippen molar-refractivity contribution in [2.75, 3.05) is 18.5 Å². The standard InChI is InChI=1S/C16H18N2O5S2/c17-25(22,23)14-10-11(16(20)21)9-13(18-7-4-8-19)15(14)24-12-5-2-1-3-6-12/h1-3,5-6,9-10,18-19H,4,7-8H2,(H,20,21)(H2,17,22,23). The van der Waals surface area contributed by atoms with Crippen LogP contribution < -0.4 is 10.5 Å². The van der Waals surface area contributed by atoms with E-state index in [0.29, 0.717) is 23.5 Å². The molecular weight excluding hydrogens is 364 g/mol. The van der Waals surface area contributed by atoms with Gasteiger partial charge in [0.2, 0.25) is 10.0 Å². The van der Waals surface area contributed by atoms with Crippen LogP contribution in [0.15, 0.2) is 57.2 Å². The number of aliphatic hydroxyl groups excluding tert-OH is 1. The summed E-state index contributed by atoms with van der Waals surface area (Å²) >= 11 is 1.17. The lowest BCUT2D eigenvalue weighted by Crippen LogP contribution is -2.16. The molecule has 9 heteroatoms. The van der Waals surface area contributed by atoms with Crippen molar-refractivity contribution in [2.45, 2.75) is 21.1 Å². The number of rotatable bonds is 8. The SMILES string of the molecule is NS(=O)(=O)c1cc(C(=O)O)cc(NCCCO)c1Sc1ccccc1. The number of carbonyl (C=O) groups is 1. The molecule has 7 nitrogen and oxygen atoms in total. The minimum absolute atomic E-state index is 0.0468. The number of aliphatic hydroxyl groups is 1. The van der Waals surface area contributed by atoms with Gasteiger partial charge in [-0.1, -0.05) is 30.0 Å².